The van der Waals surface area contributed by atoms with Crippen LogP contribution in [0.15, 0.2) is 24.3 Å². The minimum absolute atomic E-state index is 0.0190. The zero-order chi connectivity index (χ0) is 13.8. The average Bonchev–Trinajstić information content (AvgIpc) is 2.18. The molecule has 3 N–H and O–H groups in total. The summed E-state index contributed by atoms with van der Waals surface area (Å²) in [5.41, 5.74) is 6.70. The lowest BCUT2D eigenvalue weighted by Gasteiger charge is -2.16. The van der Waals surface area contributed by atoms with E-state index in [2.05, 4.69) is 5.32 Å². The van der Waals surface area contributed by atoms with Gasteiger partial charge in [0.25, 0.3) is 0 Å². The van der Waals surface area contributed by atoms with Crippen molar-refractivity contribution in [3.8, 4) is 0 Å². The Labute approximate surface area is 103 Å². The summed E-state index contributed by atoms with van der Waals surface area (Å²) >= 11 is 0. The molecule has 0 radical (unpaired) electrons. The number of para-hydroxylation sites is 1. The molecule has 0 heterocycles. The molecule has 1 unspecified atom stereocenters. The van der Waals surface area contributed by atoms with Crippen LogP contribution in [-0.4, -0.2) is 18.1 Å². The van der Waals surface area contributed by atoms with Crippen LogP contribution >= 0.6 is 0 Å². The largest absolute Gasteiger partial charge is 0.398 e. The zero-order valence-corrected chi connectivity index (χ0v) is 9.92. The van der Waals surface area contributed by atoms with Gasteiger partial charge in [-0.05, 0) is 18.6 Å². The summed E-state index contributed by atoms with van der Waals surface area (Å²) in [5.74, 6) is -0.468. The van der Waals surface area contributed by atoms with Crippen LogP contribution in [0.4, 0.5) is 18.9 Å². The van der Waals surface area contributed by atoms with Gasteiger partial charge in [0.1, 0.15) is 0 Å². The van der Waals surface area contributed by atoms with Crippen molar-refractivity contribution in [3.63, 3.8) is 0 Å². The van der Waals surface area contributed by atoms with E-state index >= 15 is 0 Å². The van der Waals surface area contributed by atoms with Crippen LogP contribution in [0.25, 0.3) is 0 Å². The second-order valence-corrected chi connectivity index (χ2v) is 4.16. The molecule has 0 fully saturated rings. The van der Waals surface area contributed by atoms with E-state index in [0.29, 0.717) is 11.3 Å². The number of carbonyl (C=O) groups excluding carboxylic acids is 1. The third-order valence-corrected chi connectivity index (χ3v) is 2.35. The number of rotatable bonds is 4. The van der Waals surface area contributed by atoms with Gasteiger partial charge in [0.15, 0.2) is 0 Å². The van der Waals surface area contributed by atoms with Gasteiger partial charge in [0, 0.05) is 11.7 Å². The lowest BCUT2D eigenvalue weighted by Crippen LogP contribution is -2.36. The molecule has 0 saturated carbocycles. The van der Waals surface area contributed by atoms with E-state index in [-0.39, 0.29) is 6.42 Å². The summed E-state index contributed by atoms with van der Waals surface area (Å²) in [4.78, 5) is 11.5. The average molecular weight is 260 g/mol. The predicted octanol–water partition coefficient (Wildman–Crippen LogP) is 2.27. The van der Waals surface area contributed by atoms with Crippen molar-refractivity contribution in [1.82, 2.24) is 5.32 Å². The van der Waals surface area contributed by atoms with Crippen LogP contribution in [0.5, 0.6) is 0 Å². The van der Waals surface area contributed by atoms with Crippen molar-refractivity contribution in [3.05, 3.63) is 29.8 Å². The van der Waals surface area contributed by atoms with E-state index in [0.717, 1.165) is 0 Å². The number of halogens is 3. The number of amides is 1. The Hall–Kier alpha value is -1.72. The number of nitrogen functional groups attached to an aromatic ring is 1. The molecule has 1 atom stereocenters. The maximum absolute atomic E-state index is 12.1. The van der Waals surface area contributed by atoms with Gasteiger partial charge in [0.2, 0.25) is 5.91 Å². The molecule has 0 aliphatic rings. The Morgan fingerprint density at radius 3 is 2.56 bits per heavy atom. The van der Waals surface area contributed by atoms with Crippen molar-refractivity contribution >= 4 is 11.6 Å². The van der Waals surface area contributed by atoms with Crippen LogP contribution in [0.2, 0.25) is 0 Å². The number of hydrogen-bond acceptors (Lipinski definition) is 2. The molecule has 18 heavy (non-hydrogen) atoms. The highest BCUT2D eigenvalue weighted by Gasteiger charge is 2.30. The Kier molecular flexibility index (Phi) is 4.58. The molecule has 0 aliphatic heterocycles. The Morgan fingerprint density at radius 1 is 1.39 bits per heavy atom. The fourth-order valence-electron chi connectivity index (χ4n) is 1.59. The first-order valence-electron chi connectivity index (χ1n) is 5.47. The van der Waals surface area contributed by atoms with E-state index in [1.54, 1.807) is 24.3 Å². The zero-order valence-electron chi connectivity index (χ0n) is 9.92. The maximum Gasteiger partial charge on any atom is 0.391 e. The molecular formula is C12H15F3N2O. The molecule has 1 aromatic carbocycles. The Morgan fingerprint density at radius 2 is 2.00 bits per heavy atom. The van der Waals surface area contributed by atoms with Gasteiger partial charge in [-0.3, -0.25) is 4.79 Å². The second-order valence-electron chi connectivity index (χ2n) is 4.16. The third-order valence-electron chi connectivity index (χ3n) is 2.35. The first-order chi connectivity index (χ1) is 8.28. The van der Waals surface area contributed by atoms with Crippen LogP contribution < -0.4 is 11.1 Å². The summed E-state index contributed by atoms with van der Waals surface area (Å²) in [5, 5.41) is 2.30. The monoisotopic (exact) mass is 260 g/mol. The summed E-state index contributed by atoms with van der Waals surface area (Å²) in [6.07, 6.45) is -5.34. The number of nitrogens with two attached hydrogens (primary N) is 1. The number of carbonyl (C=O) groups is 1. The number of anilines is 1. The molecular weight excluding hydrogens is 245 g/mol. The standard InChI is InChI=1S/C12H15F3N2O/c1-8(7-12(13,14)15)17-11(18)6-9-4-2-3-5-10(9)16/h2-5,8H,6-7,16H2,1H3,(H,17,18). The van der Waals surface area contributed by atoms with E-state index in [1.807, 2.05) is 0 Å². The van der Waals surface area contributed by atoms with Gasteiger partial charge in [-0.25, -0.2) is 0 Å². The molecule has 0 aromatic heterocycles. The van der Waals surface area contributed by atoms with Crippen LogP contribution in [0, 0.1) is 0 Å². The molecule has 0 spiro atoms. The fraction of sp³-hybridized carbons (Fsp3) is 0.417. The smallest absolute Gasteiger partial charge is 0.391 e. The van der Waals surface area contributed by atoms with Crippen molar-refractivity contribution < 1.29 is 18.0 Å². The van der Waals surface area contributed by atoms with E-state index in [9.17, 15) is 18.0 Å². The number of benzene rings is 1. The maximum atomic E-state index is 12.1. The summed E-state index contributed by atoms with van der Waals surface area (Å²) in [6.45, 7) is 1.32. The third kappa shape index (κ3) is 5.07. The summed E-state index contributed by atoms with van der Waals surface area (Å²) in [6, 6.07) is 5.81. The lowest BCUT2D eigenvalue weighted by molar-refractivity contribution is -0.141. The fourth-order valence-corrected chi connectivity index (χ4v) is 1.59. The van der Waals surface area contributed by atoms with E-state index in [4.69, 9.17) is 5.73 Å². The summed E-state index contributed by atoms with van der Waals surface area (Å²) < 4.78 is 36.2. The van der Waals surface area contributed by atoms with Crippen molar-refractivity contribution in [2.75, 3.05) is 5.73 Å². The van der Waals surface area contributed by atoms with Crippen molar-refractivity contribution in [2.45, 2.75) is 32.0 Å². The van der Waals surface area contributed by atoms with Gasteiger partial charge in [-0.2, -0.15) is 13.2 Å². The minimum Gasteiger partial charge on any atom is -0.398 e. The van der Waals surface area contributed by atoms with Crippen molar-refractivity contribution in [2.24, 2.45) is 0 Å². The highest BCUT2D eigenvalue weighted by atomic mass is 19.4. The van der Waals surface area contributed by atoms with Gasteiger partial charge >= 0.3 is 6.18 Å². The van der Waals surface area contributed by atoms with E-state index < -0.39 is 24.5 Å². The Bertz CT molecular complexity index is 418. The van der Waals surface area contributed by atoms with Crippen LogP contribution in [0.3, 0.4) is 0 Å². The topological polar surface area (TPSA) is 55.1 Å². The molecule has 1 rings (SSSR count). The molecule has 6 heteroatoms. The van der Waals surface area contributed by atoms with Gasteiger partial charge in [-0.1, -0.05) is 18.2 Å². The molecule has 1 amide bonds. The Balaban J connectivity index is 2.50. The van der Waals surface area contributed by atoms with E-state index in [1.165, 1.54) is 6.92 Å². The second kappa shape index (κ2) is 5.75. The van der Waals surface area contributed by atoms with Gasteiger partial charge in [0.05, 0.1) is 12.8 Å². The van der Waals surface area contributed by atoms with Crippen LogP contribution in [0.1, 0.15) is 18.9 Å². The highest BCUT2D eigenvalue weighted by Crippen LogP contribution is 2.21. The molecule has 3 nitrogen and oxygen atoms in total. The molecule has 0 saturated heterocycles. The van der Waals surface area contributed by atoms with Crippen LogP contribution in [-0.2, 0) is 11.2 Å². The first kappa shape index (κ1) is 14.3. The molecule has 1 aromatic rings. The first-order valence-corrected chi connectivity index (χ1v) is 5.47. The normalized spacial score (nSPS) is 13.1. The summed E-state index contributed by atoms with van der Waals surface area (Å²) in [7, 11) is 0. The molecule has 0 aliphatic carbocycles. The quantitative estimate of drug-likeness (QED) is 0.816. The number of nitrogens with one attached hydrogen (secondary N) is 1. The van der Waals surface area contributed by atoms with Crippen molar-refractivity contribution in [1.29, 1.82) is 0 Å². The molecule has 100 valence electrons. The van der Waals surface area contributed by atoms with Gasteiger partial charge < -0.3 is 11.1 Å². The predicted molar refractivity (Wildman–Crippen MR) is 62.8 cm³/mol. The SMILES string of the molecule is CC(CC(F)(F)F)NC(=O)Cc1ccccc1N. The number of alkyl halides is 3. The lowest BCUT2D eigenvalue weighted by atomic mass is 10.1. The number of hydrogen-bond donors (Lipinski definition) is 2. The minimum atomic E-state index is -4.28. The molecule has 0 bridgehead atoms. The highest BCUT2D eigenvalue weighted by molar-refractivity contribution is 5.80. The van der Waals surface area contributed by atoms with Gasteiger partial charge in [-0.15, -0.1) is 0 Å².